The van der Waals surface area contributed by atoms with Gasteiger partial charge in [0.2, 0.25) is 10.0 Å². The third-order valence-corrected chi connectivity index (χ3v) is 9.20. The van der Waals surface area contributed by atoms with Crippen LogP contribution in [0.15, 0.2) is 41.8 Å². The van der Waals surface area contributed by atoms with Gasteiger partial charge in [0.15, 0.2) is 0 Å². The van der Waals surface area contributed by atoms with Gasteiger partial charge >= 0.3 is 5.97 Å². The van der Waals surface area contributed by atoms with Gasteiger partial charge in [-0.05, 0) is 54.3 Å². The predicted molar refractivity (Wildman–Crippen MR) is 141 cm³/mol. The normalized spacial score (nSPS) is 14.5. The van der Waals surface area contributed by atoms with Crippen molar-refractivity contribution < 1.29 is 22.7 Å². The number of thiophene rings is 1. The van der Waals surface area contributed by atoms with Crippen LogP contribution in [0.4, 0.5) is 0 Å². The van der Waals surface area contributed by atoms with Crippen LogP contribution in [0.1, 0.15) is 56.4 Å². The standard InChI is InChI=1S/C25H39N3O5S2/c1-5-12-28(13-6-2)35(30,31)23(15-19(3)22-11-8-14-34-22)24(26)25(29)33-18-27-17-20-9-7-10-21(16-20)32-4/h7-11,14,16,19,23-24,27H,5-6,12-13,15,17-18,26H2,1-4H3/t19?,23?,24-/m1/s1. The van der Waals surface area contributed by atoms with Gasteiger partial charge in [-0.25, -0.2) is 12.7 Å². The van der Waals surface area contributed by atoms with E-state index in [0.29, 0.717) is 32.5 Å². The Bertz CT molecular complexity index is 992. The fourth-order valence-electron chi connectivity index (χ4n) is 3.89. The van der Waals surface area contributed by atoms with Crippen LogP contribution >= 0.6 is 11.3 Å². The number of nitrogens with zero attached hydrogens (tertiary/aromatic N) is 1. The number of carbonyl (C=O) groups is 1. The van der Waals surface area contributed by atoms with E-state index in [1.54, 1.807) is 18.4 Å². The van der Waals surface area contributed by atoms with Gasteiger partial charge in [0, 0.05) is 24.5 Å². The van der Waals surface area contributed by atoms with Crippen molar-refractivity contribution in [2.75, 3.05) is 26.9 Å². The van der Waals surface area contributed by atoms with Crippen molar-refractivity contribution in [1.29, 1.82) is 0 Å². The van der Waals surface area contributed by atoms with E-state index in [1.165, 1.54) is 4.31 Å². The van der Waals surface area contributed by atoms with Crippen LogP contribution in [-0.4, -0.2) is 56.9 Å². The van der Waals surface area contributed by atoms with Crippen LogP contribution < -0.4 is 15.8 Å². The molecule has 0 saturated heterocycles. The summed E-state index contributed by atoms with van der Waals surface area (Å²) in [6.45, 7) is 7.00. The quantitative estimate of drug-likeness (QED) is 0.195. The van der Waals surface area contributed by atoms with Crippen LogP contribution in [0.25, 0.3) is 0 Å². The zero-order valence-corrected chi connectivity index (χ0v) is 22.7. The molecule has 0 radical (unpaired) electrons. The maximum atomic E-state index is 13.7. The molecule has 2 rings (SSSR count). The third kappa shape index (κ3) is 8.57. The summed E-state index contributed by atoms with van der Waals surface area (Å²) in [5, 5.41) is 3.91. The summed E-state index contributed by atoms with van der Waals surface area (Å²) in [7, 11) is -2.22. The molecule has 2 unspecified atom stereocenters. The van der Waals surface area contributed by atoms with Crippen molar-refractivity contribution >= 4 is 27.3 Å². The van der Waals surface area contributed by atoms with E-state index >= 15 is 0 Å². The van der Waals surface area contributed by atoms with E-state index in [2.05, 4.69) is 5.32 Å². The lowest BCUT2D eigenvalue weighted by Crippen LogP contribution is -2.53. The van der Waals surface area contributed by atoms with Gasteiger partial charge in [-0.2, -0.15) is 0 Å². The second-order valence-corrected chi connectivity index (χ2v) is 11.7. The van der Waals surface area contributed by atoms with Crippen LogP contribution in [0.2, 0.25) is 0 Å². The van der Waals surface area contributed by atoms with E-state index in [1.807, 2.05) is 62.5 Å². The van der Waals surface area contributed by atoms with Crippen LogP contribution in [0.3, 0.4) is 0 Å². The first-order valence-corrected chi connectivity index (χ1v) is 14.4. The second-order valence-electron chi connectivity index (χ2n) is 8.55. The summed E-state index contributed by atoms with van der Waals surface area (Å²) in [4.78, 5) is 13.9. The Morgan fingerprint density at radius 1 is 1.17 bits per heavy atom. The van der Waals surface area contributed by atoms with Crippen molar-refractivity contribution in [2.45, 2.75) is 63.8 Å². The lowest BCUT2D eigenvalue weighted by Gasteiger charge is -2.31. The average Bonchev–Trinajstić information content (AvgIpc) is 3.39. The number of methoxy groups -OCH3 is 1. The number of nitrogens with one attached hydrogen (secondary N) is 1. The molecule has 1 heterocycles. The molecule has 0 fully saturated rings. The molecule has 0 aliphatic rings. The van der Waals surface area contributed by atoms with Gasteiger partial charge in [-0.3, -0.25) is 10.1 Å². The fraction of sp³-hybridized carbons (Fsp3) is 0.560. The molecule has 0 amide bonds. The van der Waals surface area contributed by atoms with E-state index < -0.39 is 27.3 Å². The first kappa shape index (κ1) is 29.3. The minimum Gasteiger partial charge on any atom is -0.497 e. The SMILES string of the molecule is CCCN(CCC)S(=O)(=O)C(CC(C)c1cccs1)[C@@H](N)C(=O)OCNCc1cccc(OC)c1. The lowest BCUT2D eigenvalue weighted by atomic mass is 10.00. The van der Waals surface area contributed by atoms with Crippen LogP contribution in [0, 0.1) is 0 Å². The second kappa shape index (κ2) is 14.5. The molecule has 10 heteroatoms. The van der Waals surface area contributed by atoms with E-state index in [-0.39, 0.29) is 19.1 Å². The van der Waals surface area contributed by atoms with Crippen molar-refractivity contribution in [1.82, 2.24) is 9.62 Å². The summed E-state index contributed by atoms with van der Waals surface area (Å²) >= 11 is 1.57. The summed E-state index contributed by atoms with van der Waals surface area (Å²) in [6.07, 6.45) is 1.60. The Hall–Kier alpha value is -1.98. The summed E-state index contributed by atoms with van der Waals surface area (Å²) in [5.74, 6) is -0.0621. The molecule has 1 aromatic heterocycles. The van der Waals surface area contributed by atoms with E-state index in [9.17, 15) is 13.2 Å². The maximum absolute atomic E-state index is 13.7. The number of esters is 1. The van der Waals surface area contributed by atoms with Gasteiger partial charge in [0.05, 0.1) is 7.11 Å². The largest absolute Gasteiger partial charge is 0.497 e. The Balaban J connectivity index is 2.10. The summed E-state index contributed by atoms with van der Waals surface area (Å²) < 4.78 is 39.3. The van der Waals surface area contributed by atoms with Gasteiger partial charge in [0.1, 0.15) is 23.8 Å². The molecule has 3 atom stereocenters. The smallest absolute Gasteiger partial charge is 0.325 e. The summed E-state index contributed by atoms with van der Waals surface area (Å²) in [6, 6.07) is 10.1. The highest BCUT2D eigenvalue weighted by Crippen LogP contribution is 2.29. The number of hydrogen-bond acceptors (Lipinski definition) is 8. The number of ether oxygens (including phenoxy) is 2. The zero-order valence-electron chi connectivity index (χ0n) is 21.1. The van der Waals surface area contributed by atoms with Crippen molar-refractivity contribution in [3.05, 3.63) is 52.2 Å². The van der Waals surface area contributed by atoms with Gasteiger partial charge in [-0.15, -0.1) is 11.3 Å². The molecule has 0 saturated carbocycles. The number of rotatable bonds is 16. The molecule has 3 N–H and O–H groups in total. The average molecular weight is 526 g/mol. The van der Waals surface area contributed by atoms with E-state index in [0.717, 1.165) is 16.2 Å². The lowest BCUT2D eigenvalue weighted by molar-refractivity contribution is -0.146. The molecule has 1 aromatic carbocycles. The number of benzene rings is 1. The first-order chi connectivity index (χ1) is 16.7. The molecule has 8 nitrogen and oxygen atoms in total. The number of hydrogen-bond donors (Lipinski definition) is 2. The van der Waals surface area contributed by atoms with E-state index in [4.69, 9.17) is 15.2 Å². The van der Waals surface area contributed by atoms with Crippen LogP contribution in [-0.2, 0) is 26.1 Å². The fourth-order valence-corrected chi connectivity index (χ4v) is 6.96. The predicted octanol–water partition coefficient (Wildman–Crippen LogP) is 3.69. The Labute approximate surface area is 213 Å². The van der Waals surface area contributed by atoms with Crippen LogP contribution in [0.5, 0.6) is 5.75 Å². The number of nitrogens with two attached hydrogens (primary N) is 1. The highest BCUT2D eigenvalue weighted by molar-refractivity contribution is 7.89. The minimum absolute atomic E-state index is 0.0649. The molecular formula is C25H39N3O5S2. The number of carbonyl (C=O) groups excluding carboxylic acids is 1. The van der Waals surface area contributed by atoms with Gasteiger partial charge in [-0.1, -0.05) is 39.0 Å². The highest BCUT2D eigenvalue weighted by Gasteiger charge is 2.40. The Morgan fingerprint density at radius 2 is 1.89 bits per heavy atom. The highest BCUT2D eigenvalue weighted by atomic mass is 32.2. The molecule has 0 bridgehead atoms. The molecule has 196 valence electrons. The maximum Gasteiger partial charge on any atom is 0.325 e. The van der Waals surface area contributed by atoms with Gasteiger partial charge < -0.3 is 15.2 Å². The number of sulfonamides is 1. The summed E-state index contributed by atoms with van der Waals surface area (Å²) in [5.41, 5.74) is 7.25. The zero-order chi connectivity index (χ0) is 25.8. The first-order valence-electron chi connectivity index (χ1n) is 12.0. The molecule has 0 aliphatic heterocycles. The Kier molecular flexibility index (Phi) is 12.2. The molecular weight excluding hydrogens is 486 g/mol. The Morgan fingerprint density at radius 3 is 2.49 bits per heavy atom. The van der Waals surface area contributed by atoms with Crippen molar-refractivity contribution in [2.24, 2.45) is 5.73 Å². The van der Waals surface area contributed by atoms with Gasteiger partial charge in [0.25, 0.3) is 0 Å². The molecule has 35 heavy (non-hydrogen) atoms. The third-order valence-electron chi connectivity index (χ3n) is 5.76. The van der Waals surface area contributed by atoms with Crippen molar-refractivity contribution in [3.63, 3.8) is 0 Å². The molecule has 0 spiro atoms. The topological polar surface area (TPSA) is 111 Å². The molecule has 0 aliphatic carbocycles. The monoisotopic (exact) mass is 525 g/mol. The van der Waals surface area contributed by atoms with Crippen molar-refractivity contribution in [3.8, 4) is 5.75 Å². The minimum atomic E-state index is -3.82. The molecule has 2 aromatic rings.